The number of carbonyl (C=O) groups excluding carboxylic acids is 1. The largest absolute Gasteiger partial charge is 0.304 e. The molecule has 0 unspecified atom stereocenters. The first-order valence-electron chi connectivity index (χ1n) is 4.69. The number of nitrogens with zero attached hydrogens (tertiary/aromatic N) is 2. The predicted octanol–water partition coefficient (Wildman–Crippen LogP) is -0.329. The van der Waals surface area contributed by atoms with Gasteiger partial charge in [0.25, 0.3) is 0 Å². The van der Waals surface area contributed by atoms with Crippen LogP contribution in [-0.4, -0.2) is 36.7 Å². The molecule has 1 aromatic heterocycles. The summed E-state index contributed by atoms with van der Waals surface area (Å²) in [7, 11) is -3.58. The minimum absolute atomic E-state index is 0.0832. The van der Waals surface area contributed by atoms with Crippen LogP contribution in [0.3, 0.4) is 0 Å². The topological polar surface area (TPSA) is 79.4 Å². The van der Waals surface area contributed by atoms with Gasteiger partial charge in [0.1, 0.15) is 0 Å². The maximum atomic E-state index is 11.4. The second kappa shape index (κ2) is 4.11. The number of hydrogen-bond donors (Lipinski definition) is 1. The summed E-state index contributed by atoms with van der Waals surface area (Å²) in [4.78, 5) is 16.1. The average molecular weight is 261 g/mol. The van der Waals surface area contributed by atoms with Gasteiger partial charge in [-0.3, -0.25) is 4.79 Å². The SMILES string of the molecule is Cc1ncsc1CCN1CC(=O)NS1(=O)=O. The molecule has 1 aliphatic heterocycles. The van der Waals surface area contributed by atoms with Crippen LogP contribution in [0.1, 0.15) is 10.6 Å². The third-order valence-electron chi connectivity index (χ3n) is 2.34. The fraction of sp³-hybridized carbons (Fsp3) is 0.500. The first-order valence-corrected chi connectivity index (χ1v) is 7.01. The zero-order valence-corrected chi connectivity index (χ0v) is 10.3. The van der Waals surface area contributed by atoms with E-state index < -0.39 is 16.1 Å². The Kier molecular flexibility index (Phi) is 2.96. The van der Waals surface area contributed by atoms with E-state index in [0.717, 1.165) is 14.9 Å². The molecular formula is C8H11N3O3S2. The molecule has 1 N–H and O–H groups in total. The Balaban J connectivity index is 2.02. The van der Waals surface area contributed by atoms with Crippen molar-refractivity contribution in [3.05, 3.63) is 16.1 Å². The number of aryl methyl sites for hydroxylation is 1. The van der Waals surface area contributed by atoms with E-state index in [4.69, 9.17) is 0 Å². The third-order valence-corrected chi connectivity index (χ3v) is 4.81. The number of amides is 1. The minimum Gasteiger partial charge on any atom is -0.272 e. The van der Waals surface area contributed by atoms with Gasteiger partial charge in [0.2, 0.25) is 5.91 Å². The predicted molar refractivity (Wildman–Crippen MR) is 59.2 cm³/mol. The molecule has 2 rings (SSSR count). The lowest BCUT2D eigenvalue weighted by Crippen LogP contribution is -2.31. The number of carbonyl (C=O) groups is 1. The van der Waals surface area contributed by atoms with Gasteiger partial charge in [0.05, 0.1) is 17.7 Å². The van der Waals surface area contributed by atoms with Gasteiger partial charge in [0.15, 0.2) is 0 Å². The smallest absolute Gasteiger partial charge is 0.272 e. The van der Waals surface area contributed by atoms with Gasteiger partial charge in [-0.1, -0.05) is 0 Å². The van der Waals surface area contributed by atoms with Crippen molar-refractivity contribution in [3.8, 4) is 0 Å². The van der Waals surface area contributed by atoms with E-state index in [0.29, 0.717) is 13.0 Å². The molecule has 0 aliphatic carbocycles. The van der Waals surface area contributed by atoms with Crippen LogP contribution in [0.5, 0.6) is 0 Å². The highest BCUT2D eigenvalue weighted by molar-refractivity contribution is 7.88. The fourth-order valence-corrected chi connectivity index (χ4v) is 3.35. The van der Waals surface area contributed by atoms with Gasteiger partial charge >= 0.3 is 10.2 Å². The van der Waals surface area contributed by atoms with E-state index in [-0.39, 0.29) is 6.54 Å². The van der Waals surface area contributed by atoms with Gasteiger partial charge in [-0.2, -0.15) is 12.7 Å². The van der Waals surface area contributed by atoms with E-state index in [9.17, 15) is 13.2 Å². The van der Waals surface area contributed by atoms with Crippen LogP contribution >= 0.6 is 11.3 Å². The summed E-state index contributed by atoms with van der Waals surface area (Å²) < 4.78 is 25.9. The zero-order valence-electron chi connectivity index (χ0n) is 8.63. The number of thiazole rings is 1. The molecule has 1 amide bonds. The molecule has 0 saturated carbocycles. The van der Waals surface area contributed by atoms with Crippen molar-refractivity contribution in [3.63, 3.8) is 0 Å². The Hall–Kier alpha value is -0.990. The molecule has 8 heteroatoms. The summed E-state index contributed by atoms with van der Waals surface area (Å²) >= 11 is 1.50. The number of rotatable bonds is 3. The van der Waals surface area contributed by atoms with E-state index in [1.165, 1.54) is 11.3 Å². The van der Waals surface area contributed by atoms with Gasteiger partial charge in [-0.15, -0.1) is 11.3 Å². The molecule has 0 bridgehead atoms. The van der Waals surface area contributed by atoms with Crippen molar-refractivity contribution < 1.29 is 13.2 Å². The van der Waals surface area contributed by atoms with Crippen molar-refractivity contribution in [2.45, 2.75) is 13.3 Å². The lowest BCUT2D eigenvalue weighted by Gasteiger charge is -2.10. The molecule has 1 fully saturated rings. The summed E-state index contributed by atoms with van der Waals surface area (Å²) in [5.74, 6) is -0.471. The van der Waals surface area contributed by atoms with Crippen molar-refractivity contribution in [1.29, 1.82) is 0 Å². The molecular weight excluding hydrogens is 250 g/mol. The first-order chi connectivity index (χ1) is 7.49. The molecule has 0 spiro atoms. The second-order valence-electron chi connectivity index (χ2n) is 3.47. The third kappa shape index (κ3) is 2.23. The summed E-state index contributed by atoms with van der Waals surface area (Å²) in [6.07, 6.45) is 0.588. The van der Waals surface area contributed by atoms with Crippen molar-refractivity contribution in [2.75, 3.05) is 13.1 Å². The summed E-state index contributed by atoms with van der Waals surface area (Å²) in [5.41, 5.74) is 2.65. The maximum Gasteiger partial charge on any atom is 0.304 e. The lowest BCUT2D eigenvalue weighted by atomic mass is 10.3. The van der Waals surface area contributed by atoms with Crippen molar-refractivity contribution in [1.82, 2.24) is 14.0 Å². The van der Waals surface area contributed by atoms with Crippen LogP contribution < -0.4 is 4.72 Å². The molecule has 0 atom stereocenters. The van der Waals surface area contributed by atoms with Crippen molar-refractivity contribution >= 4 is 27.5 Å². The van der Waals surface area contributed by atoms with Gasteiger partial charge in [-0.05, 0) is 13.3 Å². The highest BCUT2D eigenvalue weighted by Crippen LogP contribution is 2.15. The van der Waals surface area contributed by atoms with Gasteiger partial charge < -0.3 is 0 Å². The molecule has 0 aromatic carbocycles. The Labute approximate surface area is 97.5 Å². The molecule has 88 valence electrons. The molecule has 0 radical (unpaired) electrons. The van der Waals surface area contributed by atoms with E-state index in [1.54, 1.807) is 5.51 Å². The van der Waals surface area contributed by atoms with Gasteiger partial charge in [-0.25, -0.2) is 9.71 Å². The van der Waals surface area contributed by atoms with E-state index in [1.807, 2.05) is 11.6 Å². The minimum atomic E-state index is -3.58. The maximum absolute atomic E-state index is 11.4. The van der Waals surface area contributed by atoms with Crippen LogP contribution in [0.25, 0.3) is 0 Å². The fourth-order valence-electron chi connectivity index (χ4n) is 1.48. The number of aromatic nitrogens is 1. The standard InChI is InChI=1S/C8H11N3O3S2/c1-6-7(15-5-9-6)2-3-11-4-8(12)10-16(11,13)14/h5H,2-4H2,1H3,(H,10,12). The Morgan fingerprint density at radius 3 is 2.88 bits per heavy atom. The molecule has 1 aliphatic rings. The van der Waals surface area contributed by atoms with Crippen LogP contribution in [0.4, 0.5) is 0 Å². The number of nitrogens with one attached hydrogen (secondary N) is 1. The Bertz CT molecular complexity index is 508. The molecule has 6 nitrogen and oxygen atoms in total. The highest BCUT2D eigenvalue weighted by atomic mass is 32.2. The summed E-state index contributed by atoms with van der Waals surface area (Å²) in [5, 5.41) is 0. The number of hydrogen-bond acceptors (Lipinski definition) is 5. The average Bonchev–Trinajstić information content (AvgIpc) is 2.67. The Morgan fingerprint density at radius 1 is 1.62 bits per heavy atom. The lowest BCUT2D eigenvalue weighted by molar-refractivity contribution is -0.118. The second-order valence-corrected chi connectivity index (χ2v) is 6.08. The highest BCUT2D eigenvalue weighted by Gasteiger charge is 2.33. The van der Waals surface area contributed by atoms with Crippen LogP contribution in [0, 0.1) is 6.92 Å². The van der Waals surface area contributed by atoms with Crippen LogP contribution in [0.15, 0.2) is 5.51 Å². The summed E-state index contributed by atoms with van der Waals surface area (Å²) in [6, 6.07) is 0. The molecule has 2 heterocycles. The Morgan fingerprint density at radius 2 is 2.38 bits per heavy atom. The summed E-state index contributed by atoms with van der Waals surface area (Å²) in [6.45, 7) is 2.11. The molecule has 1 aromatic rings. The zero-order chi connectivity index (χ0) is 11.8. The van der Waals surface area contributed by atoms with E-state index in [2.05, 4.69) is 4.98 Å². The van der Waals surface area contributed by atoms with Crippen LogP contribution in [0.2, 0.25) is 0 Å². The van der Waals surface area contributed by atoms with E-state index >= 15 is 0 Å². The van der Waals surface area contributed by atoms with Crippen LogP contribution in [-0.2, 0) is 21.4 Å². The first kappa shape index (κ1) is 11.5. The van der Waals surface area contributed by atoms with Gasteiger partial charge in [0, 0.05) is 11.4 Å². The normalized spacial score (nSPS) is 19.9. The molecule has 16 heavy (non-hydrogen) atoms. The quantitative estimate of drug-likeness (QED) is 0.808. The molecule has 1 saturated heterocycles. The monoisotopic (exact) mass is 261 g/mol. The van der Waals surface area contributed by atoms with Crippen molar-refractivity contribution in [2.24, 2.45) is 0 Å².